The van der Waals surface area contributed by atoms with Gasteiger partial charge in [0.15, 0.2) is 0 Å². The molecule has 0 fully saturated rings. The average Bonchev–Trinajstić information content (AvgIpc) is 2.95. The molecular weight excluding hydrogens is 258 g/mol. The average molecular weight is 285 g/mol. The van der Waals surface area contributed by atoms with Crippen LogP contribution in [0.4, 0.5) is 0 Å². The molecule has 0 aliphatic heterocycles. The summed E-state index contributed by atoms with van der Waals surface area (Å²) < 4.78 is 5.62. The Bertz CT molecular complexity index is 571. The molecule has 0 amide bonds. The molecule has 0 bridgehead atoms. The number of aryl methyl sites for hydroxylation is 3. The zero-order valence-electron chi connectivity index (χ0n) is 13.7. The first-order chi connectivity index (χ1) is 10.2. The Labute approximate surface area is 128 Å². The molecule has 1 unspecified atom stereocenters. The summed E-state index contributed by atoms with van der Waals surface area (Å²) in [6.45, 7) is 9.73. The highest BCUT2D eigenvalue weighted by Crippen LogP contribution is 2.24. The number of hydrogen-bond acceptors (Lipinski definition) is 2. The third kappa shape index (κ3) is 3.98. The van der Waals surface area contributed by atoms with E-state index >= 15 is 0 Å². The van der Waals surface area contributed by atoms with E-state index in [1.54, 1.807) is 0 Å². The minimum atomic E-state index is 0.334. The molecule has 0 radical (unpaired) electrons. The molecule has 0 saturated carbocycles. The number of hydrogen-bond donors (Lipinski definition) is 1. The van der Waals surface area contributed by atoms with Crippen molar-refractivity contribution in [1.29, 1.82) is 0 Å². The summed E-state index contributed by atoms with van der Waals surface area (Å²) in [5, 5.41) is 3.67. The SMILES string of the molecule is CCCNC(Cc1ccc(C)c(C)c1)c1ccoc1CC. The monoisotopic (exact) mass is 285 g/mol. The maximum atomic E-state index is 5.62. The Kier molecular flexibility index (Phi) is 5.63. The first-order valence-electron chi connectivity index (χ1n) is 8.01. The van der Waals surface area contributed by atoms with Crippen molar-refractivity contribution in [2.45, 2.75) is 53.0 Å². The highest BCUT2D eigenvalue weighted by Gasteiger charge is 2.17. The van der Waals surface area contributed by atoms with Crippen LogP contribution < -0.4 is 5.32 Å². The van der Waals surface area contributed by atoms with Crippen LogP contribution in [0, 0.1) is 13.8 Å². The quantitative estimate of drug-likeness (QED) is 0.794. The summed E-state index contributed by atoms with van der Waals surface area (Å²) in [5.74, 6) is 1.10. The van der Waals surface area contributed by atoms with Gasteiger partial charge in [-0.2, -0.15) is 0 Å². The van der Waals surface area contributed by atoms with Crippen LogP contribution in [0.2, 0.25) is 0 Å². The van der Waals surface area contributed by atoms with E-state index < -0.39 is 0 Å². The lowest BCUT2D eigenvalue weighted by atomic mass is 9.96. The van der Waals surface area contributed by atoms with Gasteiger partial charge in [-0.25, -0.2) is 0 Å². The zero-order chi connectivity index (χ0) is 15.2. The normalized spacial score (nSPS) is 12.6. The smallest absolute Gasteiger partial charge is 0.108 e. The van der Waals surface area contributed by atoms with Gasteiger partial charge < -0.3 is 9.73 Å². The van der Waals surface area contributed by atoms with E-state index in [-0.39, 0.29) is 0 Å². The molecule has 21 heavy (non-hydrogen) atoms. The second kappa shape index (κ2) is 7.46. The van der Waals surface area contributed by atoms with Crippen LogP contribution in [0.1, 0.15) is 54.3 Å². The second-order valence-corrected chi connectivity index (χ2v) is 5.78. The van der Waals surface area contributed by atoms with Crippen molar-refractivity contribution in [2.75, 3.05) is 6.54 Å². The minimum Gasteiger partial charge on any atom is -0.469 e. The van der Waals surface area contributed by atoms with Gasteiger partial charge >= 0.3 is 0 Å². The van der Waals surface area contributed by atoms with Crippen molar-refractivity contribution >= 4 is 0 Å². The lowest BCUT2D eigenvalue weighted by molar-refractivity contribution is 0.481. The third-order valence-corrected chi connectivity index (χ3v) is 4.13. The van der Waals surface area contributed by atoms with Crippen molar-refractivity contribution in [1.82, 2.24) is 5.32 Å². The number of rotatable bonds is 7. The molecule has 2 nitrogen and oxygen atoms in total. The predicted octanol–water partition coefficient (Wildman–Crippen LogP) is 4.74. The van der Waals surface area contributed by atoms with Gasteiger partial charge in [0.05, 0.1) is 6.26 Å². The minimum absolute atomic E-state index is 0.334. The molecule has 1 aromatic carbocycles. The van der Waals surface area contributed by atoms with E-state index in [4.69, 9.17) is 4.42 Å². The molecular formula is C19H27NO. The lowest BCUT2D eigenvalue weighted by Gasteiger charge is -2.19. The van der Waals surface area contributed by atoms with Crippen molar-refractivity contribution < 1.29 is 4.42 Å². The van der Waals surface area contributed by atoms with Crippen LogP contribution in [0.5, 0.6) is 0 Å². The second-order valence-electron chi connectivity index (χ2n) is 5.78. The van der Waals surface area contributed by atoms with Crippen molar-refractivity contribution in [3.8, 4) is 0 Å². The molecule has 0 spiro atoms. The Morgan fingerprint density at radius 2 is 1.90 bits per heavy atom. The van der Waals surface area contributed by atoms with E-state index in [1.807, 2.05) is 6.26 Å². The highest BCUT2D eigenvalue weighted by atomic mass is 16.3. The third-order valence-electron chi connectivity index (χ3n) is 4.13. The Hall–Kier alpha value is -1.54. The van der Waals surface area contributed by atoms with E-state index in [0.717, 1.165) is 31.6 Å². The first-order valence-corrected chi connectivity index (χ1v) is 8.01. The molecule has 2 heteroatoms. The van der Waals surface area contributed by atoms with E-state index in [2.05, 4.69) is 57.3 Å². The van der Waals surface area contributed by atoms with Gasteiger partial charge in [0.2, 0.25) is 0 Å². The fraction of sp³-hybridized carbons (Fsp3) is 0.474. The summed E-state index contributed by atoms with van der Waals surface area (Å²) in [6, 6.07) is 9.22. The maximum Gasteiger partial charge on any atom is 0.108 e. The molecule has 0 aliphatic rings. The molecule has 1 heterocycles. The van der Waals surface area contributed by atoms with Crippen LogP contribution in [-0.4, -0.2) is 6.54 Å². The summed E-state index contributed by atoms with van der Waals surface area (Å²) in [6.07, 6.45) is 4.91. The topological polar surface area (TPSA) is 25.2 Å². The van der Waals surface area contributed by atoms with E-state index in [9.17, 15) is 0 Å². The van der Waals surface area contributed by atoms with Crippen molar-refractivity contribution in [3.63, 3.8) is 0 Å². The van der Waals surface area contributed by atoms with Crippen LogP contribution in [-0.2, 0) is 12.8 Å². The van der Waals surface area contributed by atoms with Gasteiger partial charge in [-0.3, -0.25) is 0 Å². The summed E-state index contributed by atoms with van der Waals surface area (Å²) in [5.41, 5.74) is 5.41. The Balaban J connectivity index is 2.21. The van der Waals surface area contributed by atoms with Crippen LogP contribution >= 0.6 is 0 Å². The van der Waals surface area contributed by atoms with Crippen LogP contribution in [0.15, 0.2) is 34.9 Å². The fourth-order valence-corrected chi connectivity index (χ4v) is 2.73. The van der Waals surface area contributed by atoms with Gasteiger partial charge in [-0.1, -0.05) is 32.0 Å². The summed E-state index contributed by atoms with van der Waals surface area (Å²) in [7, 11) is 0. The summed E-state index contributed by atoms with van der Waals surface area (Å²) in [4.78, 5) is 0. The van der Waals surface area contributed by atoms with Gasteiger partial charge in [0.25, 0.3) is 0 Å². The maximum absolute atomic E-state index is 5.62. The molecule has 2 rings (SSSR count). The highest BCUT2D eigenvalue weighted by molar-refractivity contribution is 5.32. The first kappa shape index (κ1) is 15.8. The molecule has 1 aromatic heterocycles. The van der Waals surface area contributed by atoms with Crippen molar-refractivity contribution in [2.24, 2.45) is 0 Å². The number of benzene rings is 1. The predicted molar refractivity (Wildman–Crippen MR) is 88.7 cm³/mol. The Morgan fingerprint density at radius 3 is 2.57 bits per heavy atom. The number of furan rings is 1. The Morgan fingerprint density at radius 1 is 1.10 bits per heavy atom. The molecule has 2 aromatic rings. The van der Waals surface area contributed by atoms with Gasteiger partial charge in [-0.05, 0) is 56.0 Å². The summed E-state index contributed by atoms with van der Waals surface area (Å²) >= 11 is 0. The zero-order valence-corrected chi connectivity index (χ0v) is 13.7. The fourth-order valence-electron chi connectivity index (χ4n) is 2.73. The lowest BCUT2D eigenvalue weighted by Crippen LogP contribution is -2.24. The molecule has 0 saturated heterocycles. The van der Waals surface area contributed by atoms with Gasteiger partial charge in [0, 0.05) is 18.0 Å². The van der Waals surface area contributed by atoms with E-state index in [1.165, 1.54) is 22.3 Å². The van der Waals surface area contributed by atoms with Gasteiger partial charge in [-0.15, -0.1) is 0 Å². The molecule has 114 valence electrons. The largest absolute Gasteiger partial charge is 0.469 e. The molecule has 0 aliphatic carbocycles. The van der Waals surface area contributed by atoms with Gasteiger partial charge in [0.1, 0.15) is 5.76 Å². The standard InChI is InChI=1S/C19H27NO/c1-5-10-20-18(17-9-11-21-19(17)6-2)13-16-8-7-14(3)15(4)12-16/h7-9,11-12,18,20H,5-6,10,13H2,1-4H3. The van der Waals surface area contributed by atoms with Crippen molar-refractivity contribution in [3.05, 3.63) is 58.5 Å². The van der Waals surface area contributed by atoms with E-state index in [0.29, 0.717) is 6.04 Å². The van der Waals surface area contributed by atoms with Crippen LogP contribution in [0.25, 0.3) is 0 Å². The number of nitrogens with one attached hydrogen (secondary N) is 1. The molecule has 1 N–H and O–H groups in total. The van der Waals surface area contributed by atoms with Crippen LogP contribution in [0.3, 0.4) is 0 Å². The molecule has 1 atom stereocenters.